The molecule has 0 atom stereocenters. The quantitative estimate of drug-likeness (QED) is 0.605. The fourth-order valence-electron chi connectivity index (χ4n) is 1.60. The fourth-order valence-corrected chi connectivity index (χ4v) is 2.58. The first-order valence-corrected chi connectivity index (χ1v) is 8.38. The predicted octanol–water partition coefficient (Wildman–Crippen LogP) is 3.55. The summed E-state index contributed by atoms with van der Waals surface area (Å²) in [6.45, 7) is 0. The molecule has 0 saturated heterocycles. The van der Waals surface area contributed by atoms with Gasteiger partial charge < -0.3 is 4.74 Å². The number of hydrogen-bond acceptors (Lipinski definition) is 5. The van der Waals surface area contributed by atoms with E-state index in [9.17, 15) is 18.5 Å². The van der Waals surface area contributed by atoms with Crippen molar-refractivity contribution in [3.8, 4) is 11.5 Å². The van der Waals surface area contributed by atoms with E-state index in [2.05, 4.69) is 15.9 Å². The SMILES string of the molecule is CS(=O)(=O)c1ccc(Oc2ccc(Br)cc2[N+](=O)[O-])cc1. The summed E-state index contributed by atoms with van der Waals surface area (Å²) in [6.07, 6.45) is 1.10. The van der Waals surface area contributed by atoms with Gasteiger partial charge in [0.2, 0.25) is 5.75 Å². The molecule has 0 aliphatic rings. The molecule has 0 amide bonds. The Hall–Kier alpha value is -1.93. The second-order valence-corrected chi connectivity index (χ2v) is 7.15. The van der Waals surface area contributed by atoms with E-state index < -0.39 is 14.8 Å². The van der Waals surface area contributed by atoms with Gasteiger partial charge >= 0.3 is 5.69 Å². The third-order valence-corrected chi connectivity index (χ3v) is 4.22. The second-order valence-electron chi connectivity index (χ2n) is 4.21. The summed E-state index contributed by atoms with van der Waals surface area (Å²) < 4.78 is 28.7. The largest absolute Gasteiger partial charge is 0.450 e. The van der Waals surface area contributed by atoms with E-state index in [4.69, 9.17) is 4.74 Å². The zero-order chi connectivity index (χ0) is 15.6. The fraction of sp³-hybridized carbons (Fsp3) is 0.0769. The van der Waals surface area contributed by atoms with Gasteiger partial charge in [-0.3, -0.25) is 10.1 Å². The van der Waals surface area contributed by atoms with E-state index in [0.29, 0.717) is 10.2 Å². The third-order valence-electron chi connectivity index (χ3n) is 2.60. The Morgan fingerprint density at radius 3 is 2.29 bits per heavy atom. The van der Waals surface area contributed by atoms with Gasteiger partial charge in [-0.05, 0) is 36.4 Å². The Labute approximate surface area is 129 Å². The first-order valence-electron chi connectivity index (χ1n) is 5.69. The maximum Gasteiger partial charge on any atom is 0.312 e. The Bertz CT molecular complexity index is 787. The highest BCUT2D eigenvalue weighted by molar-refractivity contribution is 9.10. The molecule has 6 nitrogen and oxygen atoms in total. The molecule has 21 heavy (non-hydrogen) atoms. The molecule has 0 aromatic heterocycles. The van der Waals surface area contributed by atoms with Crippen LogP contribution in [0, 0.1) is 10.1 Å². The van der Waals surface area contributed by atoms with Crippen LogP contribution in [0.2, 0.25) is 0 Å². The van der Waals surface area contributed by atoms with Crippen LogP contribution in [0.5, 0.6) is 11.5 Å². The number of nitrogens with zero attached hydrogens (tertiary/aromatic N) is 1. The molecule has 0 aliphatic heterocycles. The average Bonchev–Trinajstić information content (AvgIpc) is 2.40. The molecule has 8 heteroatoms. The van der Waals surface area contributed by atoms with E-state index in [1.54, 1.807) is 6.07 Å². The van der Waals surface area contributed by atoms with Gasteiger partial charge in [0.1, 0.15) is 5.75 Å². The zero-order valence-electron chi connectivity index (χ0n) is 10.8. The zero-order valence-corrected chi connectivity index (χ0v) is 13.2. The summed E-state index contributed by atoms with van der Waals surface area (Å²) in [5.41, 5.74) is -0.184. The van der Waals surface area contributed by atoms with Crippen molar-refractivity contribution in [1.82, 2.24) is 0 Å². The van der Waals surface area contributed by atoms with Crippen LogP contribution in [0.25, 0.3) is 0 Å². The molecule has 0 bridgehead atoms. The summed E-state index contributed by atoms with van der Waals surface area (Å²) in [4.78, 5) is 10.6. The van der Waals surface area contributed by atoms with E-state index in [0.717, 1.165) is 6.26 Å². The highest BCUT2D eigenvalue weighted by atomic mass is 79.9. The maximum atomic E-state index is 11.3. The van der Waals surface area contributed by atoms with Crippen LogP contribution in [0.15, 0.2) is 51.8 Å². The highest BCUT2D eigenvalue weighted by Gasteiger charge is 2.16. The lowest BCUT2D eigenvalue weighted by Crippen LogP contribution is -1.97. The normalized spacial score (nSPS) is 11.1. The number of benzene rings is 2. The van der Waals surface area contributed by atoms with Crippen LogP contribution in [-0.2, 0) is 9.84 Å². The molecule has 2 aromatic carbocycles. The van der Waals surface area contributed by atoms with Crippen molar-refractivity contribution < 1.29 is 18.1 Å². The van der Waals surface area contributed by atoms with Crippen molar-refractivity contribution in [2.24, 2.45) is 0 Å². The van der Waals surface area contributed by atoms with Gasteiger partial charge in [-0.25, -0.2) is 8.42 Å². The molecule has 0 heterocycles. The Morgan fingerprint density at radius 1 is 1.14 bits per heavy atom. The monoisotopic (exact) mass is 371 g/mol. The Balaban J connectivity index is 2.33. The minimum atomic E-state index is -3.29. The van der Waals surface area contributed by atoms with Crippen LogP contribution in [0.3, 0.4) is 0 Å². The Kier molecular flexibility index (Phi) is 4.29. The highest BCUT2D eigenvalue weighted by Crippen LogP contribution is 2.33. The molecule has 0 N–H and O–H groups in total. The van der Waals surface area contributed by atoms with Crippen LogP contribution in [0.1, 0.15) is 0 Å². The van der Waals surface area contributed by atoms with Gasteiger partial charge in [0.05, 0.1) is 9.82 Å². The topological polar surface area (TPSA) is 86.5 Å². The third kappa shape index (κ3) is 3.79. The van der Waals surface area contributed by atoms with E-state index in [1.165, 1.54) is 36.4 Å². The molecule has 0 spiro atoms. The van der Waals surface area contributed by atoms with Gasteiger partial charge in [-0.2, -0.15) is 0 Å². The standard InChI is InChI=1S/C13H10BrNO5S/c1-21(18,19)11-5-3-10(4-6-11)20-13-7-2-9(14)8-12(13)15(16)17/h2-8H,1H3. The number of halogens is 1. The minimum absolute atomic E-state index is 0.0790. The van der Waals surface area contributed by atoms with Crippen molar-refractivity contribution in [2.45, 2.75) is 4.90 Å². The molecule has 2 aromatic rings. The van der Waals surface area contributed by atoms with E-state index >= 15 is 0 Å². The molecule has 0 radical (unpaired) electrons. The lowest BCUT2D eigenvalue weighted by atomic mass is 10.3. The van der Waals surface area contributed by atoms with Gasteiger partial charge in [-0.1, -0.05) is 15.9 Å². The predicted molar refractivity (Wildman–Crippen MR) is 80.4 cm³/mol. The molecule has 0 fully saturated rings. The molecule has 0 unspecified atom stereocenters. The molecule has 2 rings (SSSR count). The smallest absolute Gasteiger partial charge is 0.312 e. The van der Waals surface area contributed by atoms with Crippen LogP contribution in [0.4, 0.5) is 5.69 Å². The summed E-state index contributed by atoms with van der Waals surface area (Å²) in [7, 11) is -3.29. The number of nitro benzene ring substituents is 1. The molecule has 110 valence electrons. The van der Waals surface area contributed by atoms with Gasteiger partial charge in [-0.15, -0.1) is 0 Å². The molecule has 0 saturated carbocycles. The van der Waals surface area contributed by atoms with Crippen LogP contribution >= 0.6 is 15.9 Å². The first-order chi connectivity index (χ1) is 9.77. The number of sulfone groups is 1. The lowest BCUT2D eigenvalue weighted by molar-refractivity contribution is -0.385. The van der Waals surface area contributed by atoms with Crippen molar-refractivity contribution in [3.05, 3.63) is 57.1 Å². The van der Waals surface area contributed by atoms with E-state index in [1.807, 2.05) is 0 Å². The minimum Gasteiger partial charge on any atom is -0.450 e. The van der Waals surface area contributed by atoms with Gasteiger partial charge in [0.15, 0.2) is 9.84 Å². The number of nitro groups is 1. The van der Waals surface area contributed by atoms with Crippen molar-refractivity contribution in [3.63, 3.8) is 0 Å². The van der Waals surface area contributed by atoms with Gasteiger partial charge in [0, 0.05) is 16.8 Å². The molecule has 0 aliphatic carbocycles. The molecular formula is C13H10BrNO5S. The van der Waals surface area contributed by atoms with Crippen molar-refractivity contribution >= 4 is 31.5 Å². The van der Waals surface area contributed by atoms with E-state index in [-0.39, 0.29) is 16.3 Å². The summed E-state index contributed by atoms with van der Waals surface area (Å²) in [5.74, 6) is 0.392. The second kappa shape index (κ2) is 5.82. The number of ether oxygens (including phenoxy) is 1. The number of rotatable bonds is 4. The number of hydrogen-bond donors (Lipinski definition) is 0. The van der Waals surface area contributed by atoms with Crippen molar-refractivity contribution in [1.29, 1.82) is 0 Å². The average molecular weight is 372 g/mol. The maximum absolute atomic E-state index is 11.3. The van der Waals surface area contributed by atoms with Crippen molar-refractivity contribution in [2.75, 3.05) is 6.26 Å². The van der Waals surface area contributed by atoms with Crippen LogP contribution < -0.4 is 4.74 Å². The summed E-state index contributed by atoms with van der Waals surface area (Å²) >= 11 is 3.15. The first kappa shape index (κ1) is 15.5. The molecular weight excluding hydrogens is 362 g/mol. The lowest BCUT2D eigenvalue weighted by Gasteiger charge is -2.07. The van der Waals surface area contributed by atoms with Gasteiger partial charge in [0.25, 0.3) is 0 Å². The summed E-state index contributed by atoms with van der Waals surface area (Å²) in [6, 6.07) is 10.1. The summed E-state index contributed by atoms with van der Waals surface area (Å²) in [5, 5.41) is 11.0. The van der Waals surface area contributed by atoms with Crippen LogP contribution in [-0.4, -0.2) is 19.6 Å². The Morgan fingerprint density at radius 2 is 1.76 bits per heavy atom.